The Morgan fingerprint density at radius 2 is 2.04 bits per heavy atom. The zero-order chi connectivity index (χ0) is 18.5. The van der Waals surface area contributed by atoms with E-state index in [2.05, 4.69) is 20.2 Å². The summed E-state index contributed by atoms with van der Waals surface area (Å²) in [5, 5.41) is 5.81. The van der Waals surface area contributed by atoms with E-state index in [0.717, 1.165) is 35.2 Å². The van der Waals surface area contributed by atoms with Gasteiger partial charge in [0.15, 0.2) is 0 Å². The molecular formula is C19H21Cl2N5. The molecule has 3 rings (SSSR count). The number of nitrogens with zero attached hydrogens (tertiary/aromatic N) is 3. The third-order valence-electron chi connectivity index (χ3n) is 4.23. The van der Waals surface area contributed by atoms with E-state index in [1.54, 1.807) is 18.6 Å². The molecule has 1 unspecified atom stereocenters. The predicted molar refractivity (Wildman–Crippen MR) is 109 cm³/mol. The van der Waals surface area contributed by atoms with Gasteiger partial charge >= 0.3 is 0 Å². The minimum atomic E-state index is -0.153. The Balaban J connectivity index is 1.56. The van der Waals surface area contributed by atoms with E-state index in [1.165, 1.54) is 0 Å². The van der Waals surface area contributed by atoms with Crippen LogP contribution in [0.15, 0.2) is 48.9 Å². The van der Waals surface area contributed by atoms with Crippen LogP contribution < -0.4 is 11.1 Å². The first-order valence-electron chi connectivity index (χ1n) is 8.36. The van der Waals surface area contributed by atoms with Crippen molar-refractivity contribution in [3.05, 3.63) is 64.5 Å². The molecular weight excluding hydrogens is 369 g/mol. The number of nitrogens with two attached hydrogens (primary N) is 1. The molecule has 0 saturated heterocycles. The lowest BCUT2D eigenvalue weighted by molar-refractivity contribution is 0.324. The van der Waals surface area contributed by atoms with Crippen molar-refractivity contribution < 1.29 is 0 Å². The quantitative estimate of drug-likeness (QED) is 0.639. The van der Waals surface area contributed by atoms with Gasteiger partial charge in [-0.2, -0.15) is 0 Å². The number of aromatic nitrogens is 2. The fraction of sp³-hybridized carbons (Fsp3) is 0.263. The Hall–Kier alpha value is -1.92. The molecule has 0 saturated carbocycles. The fourth-order valence-electron chi connectivity index (χ4n) is 2.87. The molecule has 5 nitrogen and oxygen atoms in total. The highest BCUT2D eigenvalue weighted by atomic mass is 35.5. The molecule has 1 aromatic carbocycles. The van der Waals surface area contributed by atoms with Crippen LogP contribution >= 0.6 is 23.2 Å². The van der Waals surface area contributed by atoms with E-state index < -0.39 is 0 Å². The van der Waals surface area contributed by atoms with Gasteiger partial charge in [0, 0.05) is 60.4 Å². The molecule has 1 atom stereocenters. The van der Waals surface area contributed by atoms with Gasteiger partial charge < -0.3 is 16.0 Å². The Labute approximate surface area is 163 Å². The standard InChI is InChI=1S/C19H21Cl2N5/c1-26(12-17(22)14-4-6-23-11-16(14)21)9-8-25-18-5-7-24-19-10-13(20)2-3-15(18)19/h2-7,10-11,17H,8-9,12,22H2,1H3,(H,24,25). The second kappa shape index (κ2) is 8.64. The van der Waals surface area contributed by atoms with Crippen LogP contribution in [0.1, 0.15) is 11.6 Å². The molecule has 3 N–H and O–H groups in total. The van der Waals surface area contributed by atoms with E-state index in [4.69, 9.17) is 28.9 Å². The molecule has 0 aliphatic carbocycles. The number of halogens is 2. The lowest BCUT2D eigenvalue weighted by Gasteiger charge is -2.22. The molecule has 0 bridgehead atoms. The molecule has 2 aromatic heterocycles. The largest absolute Gasteiger partial charge is 0.383 e. The van der Waals surface area contributed by atoms with Crippen molar-refractivity contribution >= 4 is 39.8 Å². The topological polar surface area (TPSA) is 67.1 Å². The number of rotatable bonds is 7. The number of hydrogen-bond donors (Lipinski definition) is 2. The summed E-state index contributed by atoms with van der Waals surface area (Å²) in [7, 11) is 2.04. The van der Waals surface area contributed by atoms with Gasteiger partial charge in [0.05, 0.1) is 10.5 Å². The number of fused-ring (bicyclic) bond motifs is 1. The first kappa shape index (κ1) is 18.9. The van der Waals surface area contributed by atoms with Gasteiger partial charge in [-0.15, -0.1) is 0 Å². The first-order chi connectivity index (χ1) is 12.5. The van der Waals surface area contributed by atoms with Crippen molar-refractivity contribution in [2.75, 3.05) is 32.0 Å². The van der Waals surface area contributed by atoms with Crippen LogP contribution in [0.25, 0.3) is 10.9 Å². The number of pyridine rings is 2. The lowest BCUT2D eigenvalue weighted by atomic mass is 10.1. The van der Waals surface area contributed by atoms with Crippen molar-refractivity contribution in [1.29, 1.82) is 0 Å². The molecule has 0 amide bonds. The number of benzene rings is 1. The maximum absolute atomic E-state index is 6.27. The Bertz CT molecular complexity index is 887. The Kier molecular flexibility index (Phi) is 6.27. The molecule has 136 valence electrons. The van der Waals surface area contributed by atoms with Crippen molar-refractivity contribution in [3.63, 3.8) is 0 Å². The third kappa shape index (κ3) is 4.62. The average molecular weight is 390 g/mol. The SMILES string of the molecule is CN(CCNc1ccnc2cc(Cl)ccc12)CC(N)c1ccncc1Cl. The van der Waals surface area contributed by atoms with Crippen LogP contribution in [0.5, 0.6) is 0 Å². The van der Waals surface area contributed by atoms with Crippen molar-refractivity contribution in [2.45, 2.75) is 6.04 Å². The highest BCUT2D eigenvalue weighted by Crippen LogP contribution is 2.24. The van der Waals surface area contributed by atoms with E-state index in [0.29, 0.717) is 16.6 Å². The molecule has 0 spiro atoms. The number of nitrogens with one attached hydrogen (secondary N) is 1. The predicted octanol–water partition coefficient (Wildman–Crippen LogP) is 3.98. The molecule has 2 heterocycles. The van der Waals surface area contributed by atoms with Gasteiger partial charge in [-0.25, -0.2) is 0 Å². The Morgan fingerprint density at radius 1 is 1.19 bits per heavy atom. The zero-order valence-electron chi connectivity index (χ0n) is 14.5. The van der Waals surface area contributed by atoms with Gasteiger partial charge in [-0.05, 0) is 42.9 Å². The summed E-state index contributed by atoms with van der Waals surface area (Å²) >= 11 is 12.2. The molecule has 3 aromatic rings. The Morgan fingerprint density at radius 3 is 2.85 bits per heavy atom. The number of hydrogen-bond acceptors (Lipinski definition) is 5. The summed E-state index contributed by atoms with van der Waals surface area (Å²) in [5.41, 5.74) is 9.11. The molecule has 7 heteroatoms. The van der Waals surface area contributed by atoms with Crippen molar-refractivity contribution in [3.8, 4) is 0 Å². The summed E-state index contributed by atoms with van der Waals surface area (Å²) in [6.45, 7) is 2.33. The molecule has 0 radical (unpaired) electrons. The minimum Gasteiger partial charge on any atom is -0.383 e. The van der Waals surface area contributed by atoms with Crippen LogP contribution in [-0.2, 0) is 0 Å². The summed E-state index contributed by atoms with van der Waals surface area (Å²) in [6, 6.07) is 9.41. The maximum Gasteiger partial charge on any atom is 0.0737 e. The molecule has 0 aliphatic heterocycles. The lowest BCUT2D eigenvalue weighted by Crippen LogP contribution is -2.32. The van der Waals surface area contributed by atoms with E-state index >= 15 is 0 Å². The van der Waals surface area contributed by atoms with E-state index in [1.807, 2.05) is 37.4 Å². The summed E-state index contributed by atoms with van der Waals surface area (Å²) in [5.74, 6) is 0. The molecule has 0 aliphatic rings. The van der Waals surface area contributed by atoms with Gasteiger partial charge in [0.1, 0.15) is 0 Å². The summed E-state index contributed by atoms with van der Waals surface area (Å²) < 4.78 is 0. The second-order valence-corrected chi connectivity index (χ2v) is 7.06. The minimum absolute atomic E-state index is 0.153. The summed E-state index contributed by atoms with van der Waals surface area (Å²) in [4.78, 5) is 10.5. The van der Waals surface area contributed by atoms with Crippen LogP contribution in [0.2, 0.25) is 10.0 Å². The average Bonchev–Trinajstić information content (AvgIpc) is 2.61. The smallest absolute Gasteiger partial charge is 0.0737 e. The normalized spacial score (nSPS) is 12.5. The fourth-order valence-corrected chi connectivity index (χ4v) is 3.29. The van der Waals surface area contributed by atoms with Crippen molar-refractivity contribution in [1.82, 2.24) is 14.9 Å². The second-order valence-electron chi connectivity index (χ2n) is 6.21. The highest BCUT2D eigenvalue weighted by Gasteiger charge is 2.12. The van der Waals surface area contributed by atoms with Gasteiger partial charge in [0.2, 0.25) is 0 Å². The zero-order valence-corrected chi connectivity index (χ0v) is 16.0. The van der Waals surface area contributed by atoms with E-state index in [9.17, 15) is 0 Å². The van der Waals surface area contributed by atoms with Crippen LogP contribution in [0.4, 0.5) is 5.69 Å². The molecule has 0 fully saturated rings. The van der Waals surface area contributed by atoms with Gasteiger partial charge in [-0.1, -0.05) is 23.2 Å². The summed E-state index contributed by atoms with van der Waals surface area (Å²) in [6.07, 6.45) is 5.12. The maximum atomic E-state index is 6.27. The molecule has 26 heavy (non-hydrogen) atoms. The van der Waals surface area contributed by atoms with Crippen LogP contribution in [0, 0.1) is 0 Å². The number of likely N-dealkylation sites (N-methyl/N-ethyl adjacent to an activating group) is 1. The van der Waals surface area contributed by atoms with Gasteiger partial charge in [0.25, 0.3) is 0 Å². The van der Waals surface area contributed by atoms with Crippen molar-refractivity contribution in [2.24, 2.45) is 5.73 Å². The van der Waals surface area contributed by atoms with E-state index in [-0.39, 0.29) is 6.04 Å². The monoisotopic (exact) mass is 389 g/mol. The third-order valence-corrected chi connectivity index (χ3v) is 4.78. The number of anilines is 1. The van der Waals surface area contributed by atoms with Crippen LogP contribution in [-0.4, -0.2) is 41.5 Å². The van der Waals surface area contributed by atoms with Crippen LogP contribution in [0.3, 0.4) is 0 Å². The van der Waals surface area contributed by atoms with Gasteiger partial charge in [-0.3, -0.25) is 9.97 Å². The highest BCUT2D eigenvalue weighted by molar-refractivity contribution is 6.31. The first-order valence-corrected chi connectivity index (χ1v) is 9.12.